The summed E-state index contributed by atoms with van der Waals surface area (Å²) in [5, 5.41) is 2.17. The molecule has 1 aliphatic rings. The Kier molecular flexibility index (Phi) is 9.60. The maximum atomic E-state index is 12.4. The third kappa shape index (κ3) is 7.47. The largest absolute Gasteiger partial charge is 0.426 e. The van der Waals surface area contributed by atoms with E-state index >= 15 is 0 Å². The van der Waals surface area contributed by atoms with Crippen LogP contribution in [0.25, 0.3) is 0 Å². The van der Waals surface area contributed by atoms with E-state index in [1.54, 1.807) is 0 Å². The number of carbonyl (C=O) groups excluding carboxylic acids is 1. The van der Waals surface area contributed by atoms with E-state index in [-0.39, 0.29) is 5.97 Å². The van der Waals surface area contributed by atoms with Gasteiger partial charge in [-0.3, -0.25) is 9.69 Å². The van der Waals surface area contributed by atoms with Crippen molar-refractivity contribution in [1.29, 1.82) is 0 Å². The number of ether oxygens (including phenoxy) is 1. The van der Waals surface area contributed by atoms with Crippen molar-refractivity contribution in [2.75, 3.05) is 13.1 Å². The summed E-state index contributed by atoms with van der Waals surface area (Å²) in [6, 6.07) is 11.2. The zero-order chi connectivity index (χ0) is 22.1. The van der Waals surface area contributed by atoms with Crippen molar-refractivity contribution in [3.8, 4) is 5.75 Å². The van der Waals surface area contributed by atoms with Gasteiger partial charge in [-0.05, 0) is 79.6 Å². The van der Waals surface area contributed by atoms with Crippen molar-refractivity contribution in [1.82, 2.24) is 4.90 Å². The Hall–Kier alpha value is -1.65. The van der Waals surface area contributed by atoms with Gasteiger partial charge in [0, 0.05) is 23.9 Å². The molecule has 0 bridgehead atoms. The Morgan fingerprint density at radius 2 is 2.06 bits per heavy atom. The summed E-state index contributed by atoms with van der Waals surface area (Å²) in [4.78, 5) is 16.5. The van der Waals surface area contributed by atoms with Gasteiger partial charge in [0.05, 0.1) is 0 Å². The Labute approximate surface area is 192 Å². The summed E-state index contributed by atoms with van der Waals surface area (Å²) in [6.45, 7) is 9.00. The maximum absolute atomic E-state index is 12.4. The number of esters is 1. The molecule has 0 N–H and O–H groups in total. The summed E-state index contributed by atoms with van der Waals surface area (Å²) in [5.41, 5.74) is 2.61. The minimum absolute atomic E-state index is 0.0807. The molecule has 0 saturated carbocycles. The van der Waals surface area contributed by atoms with E-state index in [9.17, 15) is 4.79 Å². The number of unbranched alkanes of at least 4 members (excludes halogenated alkanes) is 1. The molecule has 0 radical (unpaired) electrons. The van der Waals surface area contributed by atoms with E-state index in [1.165, 1.54) is 28.8 Å². The van der Waals surface area contributed by atoms with Gasteiger partial charge in [0.25, 0.3) is 0 Å². The highest BCUT2D eigenvalue weighted by Crippen LogP contribution is 2.32. The molecule has 3 rings (SSSR count). The van der Waals surface area contributed by atoms with Crippen LogP contribution in [0, 0.1) is 5.92 Å². The van der Waals surface area contributed by atoms with Gasteiger partial charge in [0.15, 0.2) is 0 Å². The first-order valence-electron chi connectivity index (χ1n) is 12.1. The molecule has 0 fully saturated rings. The topological polar surface area (TPSA) is 29.5 Å². The van der Waals surface area contributed by atoms with Crippen LogP contribution >= 0.6 is 11.3 Å². The fraction of sp³-hybridized carbons (Fsp3) is 0.593. The molecule has 1 aliphatic carbocycles. The van der Waals surface area contributed by atoms with Crippen LogP contribution in [0.3, 0.4) is 0 Å². The molecule has 31 heavy (non-hydrogen) atoms. The van der Waals surface area contributed by atoms with Crippen LogP contribution in [-0.2, 0) is 24.1 Å². The van der Waals surface area contributed by atoms with Crippen LogP contribution in [0.4, 0.5) is 0 Å². The predicted molar refractivity (Wildman–Crippen MR) is 131 cm³/mol. The van der Waals surface area contributed by atoms with Gasteiger partial charge in [-0.2, -0.15) is 0 Å². The van der Waals surface area contributed by atoms with Crippen molar-refractivity contribution in [2.45, 2.75) is 84.6 Å². The third-order valence-corrected chi connectivity index (χ3v) is 7.24. The first-order valence-corrected chi connectivity index (χ1v) is 13.0. The van der Waals surface area contributed by atoms with E-state index in [0.717, 1.165) is 57.4 Å². The van der Waals surface area contributed by atoms with Gasteiger partial charge in [-0.15, -0.1) is 11.3 Å². The molecule has 1 aromatic heterocycles. The SMILES string of the molecule is CCCN(CCc1cccs1)C1CCc2c(cccc2OC(=O)CCCCC(C)C)C1. The summed E-state index contributed by atoms with van der Waals surface area (Å²) >= 11 is 1.86. The zero-order valence-corrected chi connectivity index (χ0v) is 20.4. The Balaban J connectivity index is 1.57. The van der Waals surface area contributed by atoms with Crippen molar-refractivity contribution in [3.63, 3.8) is 0 Å². The van der Waals surface area contributed by atoms with E-state index in [4.69, 9.17) is 4.74 Å². The molecule has 1 aromatic carbocycles. The Morgan fingerprint density at radius 3 is 2.81 bits per heavy atom. The molecule has 0 spiro atoms. The normalized spacial score (nSPS) is 16.0. The van der Waals surface area contributed by atoms with Crippen molar-refractivity contribution >= 4 is 17.3 Å². The predicted octanol–water partition coefficient (Wildman–Crippen LogP) is 6.68. The highest BCUT2D eigenvalue weighted by molar-refractivity contribution is 7.09. The van der Waals surface area contributed by atoms with E-state index in [1.807, 2.05) is 17.4 Å². The number of carbonyl (C=O) groups is 1. The molecule has 0 amide bonds. The molecule has 170 valence electrons. The average molecular weight is 442 g/mol. The summed E-state index contributed by atoms with van der Waals surface area (Å²) < 4.78 is 5.81. The Bertz CT molecular complexity index is 800. The lowest BCUT2D eigenvalue weighted by Gasteiger charge is -2.35. The minimum Gasteiger partial charge on any atom is -0.426 e. The molecule has 0 saturated heterocycles. The quantitative estimate of drug-likeness (QED) is 0.209. The maximum Gasteiger partial charge on any atom is 0.311 e. The highest BCUT2D eigenvalue weighted by Gasteiger charge is 2.26. The smallest absolute Gasteiger partial charge is 0.311 e. The number of thiophene rings is 1. The van der Waals surface area contributed by atoms with Crippen molar-refractivity contribution in [3.05, 3.63) is 51.7 Å². The molecular weight excluding hydrogens is 402 g/mol. The van der Waals surface area contributed by atoms with Gasteiger partial charge in [0.1, 0.15) is 5.75 Å². The molecule has 4 heteroatoms. The van der Waals surface area contributed by atoms with Crippen LogP contribution in [-0.4, -0.2) is 30.0 Å². The average Bonchev–Trinajstić information content (AvgIpc) is 3.27. The first-order chi connectivity index (χ1) is 15.1. The lowest BCUT2D eigenvalue weighted by molar-refractivity contribution is -0.134. The molecule has 1 atom stereocenters. The van der Waals surface area contributed by atoms with Gasteiger partial charge < -0.3 is 4.74 Å². The molecular formula is C27H39NO2S. The monoisotopic (exact) mass is 441 g/mol. The molecule has 2 aromatic rings. The lowest BCUT2D eigenvalue weighted by atomic mass is 9.86. The van der Waals surface area contributed by atoms with E-state index in [0.29, 0.717) is 18.4 Å². The second kappa shape index (κ2) is 12.4. The number of nitrogens with zero attached hydrogens (tertiary/aromatic N) is 1. The molecule has 1 unspecified atom stereocenters. The van der Waals surface area contributed by atoms with Gasteiger partial charge >= 0.3 is 5.97 Å². The third-order valence-electron chi connectivity index (χ3n) is 6.30. The minimum atomic E-state index is -0.0807. The van der Waals surface area contributed by atoms with Crippen LogP contribution in [0.2, 0.25) is 0 Å². The second-order valence-electron chi connectivity index (χ2n) is 9.27. The molecule has 3 nitrogen and oxygen atoms in total. The van der Waals surface area contributed by atoms with E-state index < -0.39 is 0 Å². The van der Waals surface area contributed by atoms with E-state index in [2.05, 4.69) is 55.3 Å². The summed E-state index contributed by atoms with van der Waals surface area (Å²) in [5.74, 6) is 1.41. The standard InChI is InChI=1S/C27H39NO2S/c1-4-17-28(18-16-24-11-8-19-31-24)23-14-15-25-22(20-23)10-7-12-26(25)30-27(29)13-6-5-9-21(2)3/h7-8,10-12,19,21,23H,4-6,9,13-18,20H2,1-3H3. The molecule has 0 aliphatic heterocycles. The number of rotatable bonds is 12. The summed E-state index contributed by atoms with van der Waals surface area (Å²) in [6.07, 6.45) is 9.22. The number of hydrogen-bond acceptors (Lipinski definition) is 4. The molecule has 1 heterocycles. The fourth-order valence-electron chi connectivity index (χ4n) is 4.63. The summed E-state index contributed by atoms with van der Waals surface area (Å²) in [7, 11) is 0. The van der Waals surface area contributed by atoms with Crippen molar-refractivity contribution in [2.24, 2.45) is 5.92 Å². The number of hydrogen-bond donors (Lipinski definition) is 0. The second-order valence-corrected chi connectivity index (χ2v) is 10.3. The van der Waals surface area contributed by atoms with Gasteiger partial charge in [0.2, 0.25) is 0 Å². The van der Waals surface area contributed by atoms with Gasteiger partial charge in [-0.1, -0.05) is 51.8 Å². The zero-order valence-electron chi connectivity index (χ0n) is 19.6. The lowest BCUT2D eigenvalue weighted by Crippen LogP contribution is -2.41. The van der Waals surface area contributed by atoms with Crippen molar-refractivity contribution < 1.29 is 9.53 Å². The van der Waals surface area contributed by atoms with Crippen LogP contribution in [0.15, 0.2) is 35.7 Å². The number of fused-ring (bicyclic) bond motifs is 1. The van der Waals surface area contributed by atoms with Crippen LogP contribution in [0.5, 0.6) is 5.75 Å². The van der Waals surface area contributed by atoms with Gasteiger partial charge in [-0.25, -0.2) is 0 Å². The highest BCUT2D eigenvalue weighted by atomic mass is 32.1. The first kappa shape index (κ1) is 24.0. The Morgan fingerprint density at radius 1 is 1.19 bits per heavy atom. The number of benzene rings is 1. The van der Waals surface area contributed by atoms with Crippen LogP contribution in [0.1, 0.15) is 75.3 Å². The van der Waals surface area contributed by atoms with Crippen LogP contribution < -0.4 is 4.74 Å². The fourth-order valence-corrected chi connectivity index (χ4v) is 5.33.